The van der Waals surface area contributed by atoms with Crippen molar-refractivity contribution in [3.8, 4) is 5.75 Å². The van der Waals surface area contributed by atoms with E-state index in [2.05, 4.69) is 26.0 Å². The highest BCUT2D eigenvalue weighted by Crippen LogP contribution is 2.65. The topological polar surface area (TPSA) is 84.0 Å². The number of allylic oxidation sites excluding steroid dienone is 2. The van der Waals surface area contributed by atoms with Gasteiger partial charge in [-0.15, -0.1) is 0 Å². The molecule has 2 saturated heterocycles. The Labute approximate surface area is 227 Å². The van der Waals surface area contributed by atoms with Crippen LogP contribution in [0.5, 0.6) is 5.75 Å². The van der Waals surface area contributed by atoms with Gasteiger partial charge in [0.05, 0.1) is 23.4 Å². The Kier molecular flexibility index (Phi) is 5.55. The normalized spacial score (nSPS) is 32.1. The molecular formula is C32H32N2O5. The molecule has 7 nitrogen and oxygen atoms in total. The molecule has 7 atom stereocenters. The molecule has 39 heavy (non-hydrogen) atoms. The van der Waals surface area contributed by atoms with Gasteiger partial charge in [0, 0.05) is 18.7 Å². The number of esters is 1. The van der Waals surface area contributed by atoms with Crippen LogP contribution in [0.15, 0.2) is 54.6 Å². The van der Waals surface area contributed by atoms with Gasteiger partial charge in [-0.05, 0) is 78.3 Å². The third kappa shape index (κ3) is 3.62. The summed E-state index contributed by atoms with van der Waals surface area (Å²) < 4.78 is 5.66. The number of anilines is 2. The summed E-state index contributed by atoms with van der Waals surface area (Å²) in [6.45, 7) is 4.42. The molecule has 200 valence electrons. The van der Waals surface area contributed by atoms with Gasteiger partial charge in [-0.25, -0.2) is 0 Å². The van der Waals surface area contributed by atoms with Crippen molar-refractivity contribution in [1.82, 2.24) is 0 Å². The Balaban J connectivity index is 1.04. The summed E-state index contributed by atoms with van der Waals surface area (Å²) in [7, 11) is 0. The Hall–Kier alpha value is -3.74. The molecule has 3 amide bonds. The van der Waals surface area contributed by atoms with Crippen LogP contribution in [0.25, 0.3) is 0 Å². The van der Waals surface area contributed by atoms with Crippen molar-refractivity contribution < 1.29 is 23.9 Å². The molecule has 8 rings (SSSR count). The predicted octanol–water partition coefficient (Wildman–Crippen LogP) is 4.33. The average Bonchev–Trinajstić information content (AvgIpc) is 3.63. The maximum atomic E-state index is 13.4. The van der Waals surface area contributed by atoms with Crippen molar-refractivity contribution in [1.29, 1.82) is 0 Å². The number of rotatable bonds is 6. The van der Waals surface area contributed by atoms with Crippen LogP contribution in [-0.2, 0) is 32.0 Å². The molecule has 7 heteroatoms. The first-order chi connectivity index (χ1) is 18.9. The molecule has 4 aliphatic carbocycles. The molecular weight excluding hydrogens is 492 g/mol. The molecule has 2 aliphatic heterocycles. The number of carbonyl (C=O) groups is 4. The number of amides is 3. The number of benzene rings is 2. The lowest BCUT2D eigenvalue weighted by atomic mass is 9.63. The second kappa shape index (κ2) is 8.90. The molecule has 0 spiro atoms. The summed E-state index contributed by atoms with van der Waals surface area (Å²) in [6, 6.07) is 12.7. The minimum atomic E-state index is -0.564. The fraction of sp³-hybridized carbons (Fsp3) is 0.438. The van der Waals surface area contributed by atoms with Gasteiger partial charge in [-0.2, -0.15) is 0 Å². The molecule has 2 aromatic carbocycles. The van der Waals surface area contributed by atoms with Crippen molar-refractivity contribution in [2.75, 3.05) is 16.3 Å². The molecule has 2 saturated carbocycles. The van der Waals surface area contributed by atoms with Gasteiger partial charge < -0.3 is 9.64 Å². The van der Waals surface area contributed by atoms with E-state index in [1.165, 1.54) is 4.90 Å². The largest absolute Gasteiger partial charge is 0.426 e. The van der Waals surface area contributed by atoms with E-state index >= 15 is 0 Å². The Morgan fingerprint density at radius 3 is 2.03 bits per heavy atom. The Morgan fingerprint density at radius 2 is 1.46 bits per heavy atom. The van der Waals surface area contributed by atoms with Crippen LogP contribution in [0.1, 0.15) is 37.8 Å². The summed E-state index contributed by atoms with van der Waals surface area (Å²) >= 11 is 0. The molecule has 0 radical (unpaired) electrons. The van der Waals surface area contributed by atoms with Crippen molar-refractivity contribution in [3.05, 3.63) is 65.7 Å². The lowest BCUT2D eigenvalue weighted by molar-refractivity contribution is -0.139. The van der Waals surface area contributed by atoms with Gasteiger partial charge in [0.25, 0.3) is 0 Å². The lowest BCUT2D eigenvalue weighted by Crippen LogP contribution is -2.40. The fourth-order valence-corrected chi connectivity index (χ4v) is 7.72. The highest BCUT2D eigenvalue weighted by molar-refractivity contribution is 6.22. The maximum Gasteiger partial charge on any atom is 0.316 e. The monoisotopic (exact) mass is 524 g/mol. The molecule has 2 aromatic rings. The van der Waals surface area contributed by atoms with Crippen molar-refractivity contribution >= 4 is 35.1 Å². The van der Waals surface area contributed by atoms with Gasteiger partial charge in [-0.3, -0.25) is 24.1 Å². The molecule has 0 unspecified atom stereocenters. The van der Waals surface area contributed by atoms with E-state index in [9.17, 15) is 19.2 Å². The van der Waals surface area contributed by atoms with Crippen molar-refractivity contribution in [2.24, 2.45) is 41.4 Å². The van der Waals surface area contributed by atoms with Gasteiger partial charge in [0.1, 0.15) is 5.75 Å². The number of ether oxygens (including phenoxy) is 1. The smallest absolute Gasteiger partial charge is 0.316 e. The Bertz CT molecular complexity index is 1370. The lowest BCUT2D eigenvalue weighted by Gasteiger charge is -2.37. The van der Waals surface area contributed by atoms with E-state index in [1.54, 1.807) is 29.2 Å². The van der Waals surface area contributed by atoms with Crippen LogP contribution in [-0.4, -0.2) is 30.2 Å². The fourth-order valence-electron chi connectivity index (χ4n) is 7.72. The number of aryl methyl sites for hydroxylation is 2. The zero-order valence-electron chi connectivity index (χ0n) is 22.2. The first-order valence-corrected chi connectivity index (χ1v) is 14.2. The van der Waals surface area contributed by atoms with Crippen molar-refractivity contribution in [2.45, 2.75) is 39.5 Å². The van der Waals surface area contributed by atoms with Gasteiger partial charge >= 0.3 is 5.97 Å². The highest BCUT2D eigenvalue weighted by Gasteiger charge is 2.67. The first kappa shape index (κ1) is 24.3. The maximum absolute atomic E-state index is 13.4. The van der Waals surface area contributed by atoms with E-state index in [1.807, 2.05) is 18.2 Å². The van der Waals surface area contributed by atoms with E-state index in [0.717, 1.165) is 36.1 Å². The van der Waals surface area contributed by atoms with Gasteiger partial charge in [-0.1, -0.05) is 44.2 Å². The molecule has 0 aromatic heterocycles. The third-order valence-corrected chi connectivity index (χ3v) is 9.67. The summed E-state index contributed by atoms with van der Waals surface area (Å²) in [5.41, 5.74) is 3.63. The van der Waals surface area contributed by atoms with Gasteiger partial charge in [0.15, 0.2) is 0 Å². The second-order valence-corrected chi connectivity index (χ2v) is 11.6. The van der Waals surface area contributed by atoms with Crippen LogP contribution in [0.3, 0.4) is 0 Å². The Morgan fingerprint density at radius 1 is 0.872 bits per heavy atom. The second-order valence-electron chi connectivity index (χ2n) is 11.6. The summed E-state index contributed by atoms with van der Waals surface area (Å²) in [4.78, 5) is 55.8. The van der Waals surface area contributed by atoms with E-state index in [0.29, 0.717) is 23.3 Å². The molecule has 2 heterocycles. The molecule has 4 fully saturated rings. The predicted molar refractivity (Wildman–Crippen MR) is 145 cm³/mol. The average molecular weight is 525 g/mol. The number of imide groups is 1. The minimum absolute atomic E-state index is 0.0727. The SMILES string of the molecule is CCc1cccc(CC)c1N1C[C@H](C(=O)Oc2ccc(N3C(=O)[C@@H]4[C@H]5C=C[C@@H]([C@@H]6C[C@H]56)[C@@H]4C3=O)cc2)CC1=O. The summed E-state index contributed by atoms with van der Waals surface area (Å²) in [5, 5.41) is 0. The quantitative estimate of drug-likeness (QED) is 0.243. The van der Waals surface area contributed by atoms with Crippen LogP contribution >= 0.6 is 0 Å². The van der Waals surface area contributed by atoms with E-state index in [-0.39, 0.29) is 54.4 Å². The van der Waals surface area contributed by atoms with Crippen LogP contribution in [0.4, 0.5) is 11.4 Å². The van der Waals surface area contributed by atoms with Crippen LogP contribution in [0.2, 0.25) is 0 Å². The van der Waals surface area contributed by atoms with E-state index in [4.69, 9.17) is 4.74 Å². The summed E-state index contributed by atoms with van der Waals surface area (Å²) in [5.74, 6) is 0.00292. The molecule has 6 aliphatic rings. The van der Waals surface area contributed by atoms with Crippen molar-refractivity contribution in [3.63, 3.8) is 0 Å². The number of carbonyl (C=O) groups excluding carboxylic acids is 4. The zero-order valence-corrected chi connectivity index (χ0v) is 22.2. The first-order valence-electron chi connectivity index (χ1n) is 14.2. The van der Waals surface area contributed by atoms with Crippen LogP contribution in [0, 0.1) is 41.4 Å². The number of nitrogens with zero attached hydrogens (tertiary/aromatic N) is 2. The zero-order chi connectivity index (χ0) is 27.0. The minimum Gasteiger partial charge on any atom is -0.426 e. The number of hydrogen-bond donors (Lipinski definition) is 0. The summed E-state index contributed by atoms with van der Waals surface area (Å²) in [6.07, 6.45) is 7.17. The molecule has 0 N–H and O–H groups in total. The standard InChI is InChI=1S/C32H32N2O5/c1-3-17-6-5-7-18(4-2)29(17)33-16-19(14-26(33)35)32(38)39-21-10-8-20(9-11-21)34-30(36)27-22-12-13-23(25-15-24(22)25)28(27)31(34)37/h5-13,19,22-25,27-28H,3-4,14-16H2,1-2H3/t19-,22+,23+,24-,25+,27-,28+/m1/s1. The number of hydrogen-bond acceptors (Lipinski definition) is 5. The highest BCUT2D eigenvalue weighted by atomic mass is 16.5. The third-order valence-electron chi connectivity index (χ3n) is 9.67. The van der Waals surface area contributed by atoms with Gasteiger partial charge in [0.2, 0.25) is 17.7 Å². The number of para-hydroxylation sites is 1. The molecule has 2 bridgehead atoms. The van der Waals surface area contributed by atoms with E-state index < -0.39 is 11.9 Å². The van der Waals surface area contributed by atoms with Crippen LogP contribution < -0.4 is 14.5 Å².